The molecule has 6 nitrogen and oxygen atoms in total. The minimum Gasteiger partial charge on any atom is -0.368 e. The summed E-state index contributed by atoms with van der Waals surface area (Å²) in [5, 5.41) is 2.32. The molecule has 1 aromatic rings. The maximum atomic E-state index is 13.3. The van der Waals surface area contributed by atoms with Crippen LogP contribution in [0.1, 0.15) is 17.3 Å². The Hall–Kier alpha value is -2.15. The van der Waals surface area contributed by atoms with Crippen LogP contribution in [0.4, 0.5) is 10.1 Å². The SMILES string of the molecule is CC(NC(=O)c1cccc(F)c1NN)C(N)=O. The van der Waals surface area contributed by atoms with Crippen LogP contribution in [0.15, 0.2) is 18.2 Å². The van der Waals surface area contributed by atoms with Crippen molar-refractivity contribution in [3.05, 3.63) is 29.6 Å². The molecule has 0 saturated heterocycles. The molecule has 0 spiro atoms. The van der Waals surface area contributed by atoms with Crippen molar-refractivity contribution >= 4 is 17.5 Å². The largest absolute Gasteiger partial charge is 0.368 e. The molecule has 1 aromatic carbocycles. The molecule has 0 aromatic heterocycles. The quantitative estimate of drug-likeness (QED) is 0.428. The summed E-state index contributed by atoms with van der Waals surface area (Å²) < 4.78 is 13.3. The molecule has 0 aliphatic rings. The van der Waals surface area contributed by atoms with Crippen molar-refractivity contribution in [3.8, 4) is 0 Å². The van der Waals surface area contributed by atoms with Crippen molar-refractivity contribution in [1.29, 1.82) is 0 Å². The Labute approximate surface area is 97.1 Å². The van der Waals surface area contributed by atoms with E-state index in [0.717, 1.165) is 6.07 Å². The topological polar surface area (TPSA) is 110 Å². The Balaban J connectivity index is 2.97. The fraction of sp³-hybridized carbons (Fsp3) is 0.200. The van der Waals surface area contributed by atoms with Gasteiger partial charge < -0.3 is 16.5 Å². The normalized spacial score (nSPS) is 11.7. The van der Waals surface area contributed by atoms with Crippen molar-refractivity contribution in [2.24, 2.45) is 11.6 Å². The molecule has 7 heteroatoms. The predicted octanol–water partition coefficient (Wildman–Crippen LogP) is -0.285. The van der Waals surface area contributed by atoms with Gasteiger partial charge in [0.05, 0.1) is 11.3 Å². The highest BCUT2D eigenvalue weighted by Crippen LogP contribution is 2.18. The molecule has 0 aliphatic heterocycles. The van der Waals surface area contributed by atoms with Crippen LogP contribution in [-0.2, 0) is 4.79 Å². The summed E-state index contributed by atoms with van der Waals surface area (Å²) in [6.45, 7) is 1.43. The second-order valence-corrected chi connectivity index (χ2v) is 3.40. The lowest BCUT2D eigenvalue weighted by Crippen LogP contribution is -2.42. The summed E-state index contributed by atoms with van der Waals surface area (Å²) in [4.78, 5) is 22.5. The van der Waals surface area contributed by atoms with Gasteiger partial charge in [-0.1, -0.05) is 6.07 Å². The Bertz CT molecular complexity index is 450. The number of para-hydroxylation sites is 1. The average molecular weight is 240 g/mol. The number of hydrazine groups is 1. The third-order valence-electron chi connectivity index (χ3n) is 2.18. The Morgan fingerprint density at radius 3 is 2.59 bits per heavy atom. The summed E-state index contributed by atoms with van der Waals surface area (Å²) in [6.07, 6.45) is 0. The summed E-state index contributed by atoms with van der Waals surface area (Å²) in [5.74, 6) is 3.14. The van der Waals surface area contributed by atoms with Gasteiger partial charge in [0, 0.05) is 0 Å². The third-order valence-corrected chi connectivity index (χ3v) is 2.18. The molecule has 2 amide bonds. The smallest absolute Gasteiger partial charge is 0.254 e. The molecule has 17 heavy (non-hydrogen) atoms. The van der Waals surface area contributed by atoms with Crippen LogP contribution in [0.5, 0.6) is 0 Å². The van der Waals surface area contributed by atoms with E-state index in [1.54, 1.807) is 0 Å². The van der Waals surface area contributed by atoms with Gasteiger partial charge in [0.2, 0.25) is 5.91 Å². The van der Waals surface area contributed by atoms with E-state index in [1.807, 2.05) is 0 Å². The number of hydrogen-bond donors (Lipinski definition) is 4. The van der Waals surface area contributed by atoms with Gasteiger partial charge in [-0.15, -0.1) is 0 Å². The summed E-state index contributed by atoms with van der Waals surface area (Å²) in [5.41, 5.74) is 6.95. The minimum atomic E-state index is -0.851. The number of nitrogens with one attached hydrogen (secondary N) is 2. The molecule has 0 saturated carbocycles. The van der Waals surface area contributed by atoms with Gasteiger partial charge in [-0.2, -0.15) is 0 Å². The van der Waals surface area contributed by atoms with Crippen molar-refractivity contribution in [3.63, 3.8) is 0 Å². The first-order chi connectivity index (χ1) is 7.97. The van der Waals surface area contributed by atoms with E-state index < -0.39 is 23.7 Å². The number of amides is 2. The number of carbonyl (C=O) groups is 2. The first-order valence-electron chi connectivity index (χ1n) is 4.82. The van der Waals surface area contributed by atoms with Gasteiger partial charge in [-0.05, 0) is 19.1 Å². The summed E-state index contributed by atoms with van der Waals surface area (Å²) in [6, 6.07) is 3.04. The standard InChI is InChI=1S/C10H13FN4O2/c1-5(9(12)16)14-10(17)6-3-2-4-7(11)8(6)15-13/h2-5,15H,13H2,1H3,(H2,12,16)(H,14,17). The third kappa shape index (κ3) is 2.91. The predicted molar refractivity (Wildman–Crippen MR) is 60.3 cm³/mol. The molecule has 0 aliphatic carbocycles. The van der Waals surface area contributed by atoms with Crippen molar-refractivity contribution < 1.29 is 14.0 Å². The number of halogens is 1. The van der Waals surface area contributed by atoms with Crippen LogP contribution >= 0.6 is 0 Å². The zero-order valence-electron chi connectivity index (χ0n) is 9.16. The van der Waals surface area contributed by atoms with Crippen molar-refractivity contribution in [2.45, 2.75) is 13.0 Å². The first kappa shape index (κ1) is 12.9. The van der Waals surface area contributed by atoms with Crippen molar-refractivity contribution in [1.82, 2.24) is 5.32 Å². The van der Waals surface area contributed by atoms with Gasteiger partial charge in [0.15, 0.2) is 0 Å². The van der Waals surface area contributed by atoms with E-state index in [4.69, 9.17) is 11.6 Å². The molecule has 92 valence electrons. The Morgan fingerprint density at radius 2 is 2.06 bits per heavy atom. The number of hydrogen-bond acceptors (Lipinski definition) is 4. The van der Waals surface area contributed by atoms with E-state index >= 15 is 0 Å². The molecule has 1 rings (SSSR count). The monoisotopic (exact) mass is 240 g/mol. The van der Waals surface area contributed by atoms with E-state index in [1.165, 1.54) is 19.1 Å². The van der Waals surface area contributed by atoms with Crippen LogP contribution in [0, 0.1) is 5.82 Å². The van der Waals surface area contributed by atoms with Gasteiger partial charge in [0.25, 0.3) is 5.91 Å². The zero-order chi connectivity index (χ0) is 13.0. The van der Waals surface area contributed by atoms with Gasteiger partial charge in [-0.3, -0.25) is 15.4 Å². The van der Waals surface area contributed by atoms with Crippen molar-refractivity contribution in [2.75, 3.05) is 5.43 Å². The number of carbonyl (C=O) groups excluding carboxylic acids is 2. The zero-order valence-corrected chi connectivity index (χ0v) is 9.16. The van der Waals surface area contributed by atoms with E-state index in [0.29, 0.717) is 0 Å². The van der Waals surface area contributed by atoms with E-state index in [9.17, 15) is 14.0 Å². The molecule has 1 atom stereocenters. The number of nitrogen functional groups attached to an aromatic ring is 1. The first-order valence-corrected chi connectivity index (χ1v) is 4.82. The van der Waals surface area contributed by atoms with Gasteiger partial charge >= 0.3 is 0 Å². The highest BCUT2D eigenvalue weighted by molar-refractivity contribution is 6.01. The number of anilines is 1. The Morgan fingerprint density at radius 1 is 1.41 bits per heavy atom. The molecule has 0 fully saturated rings. The number of primary amides is 1. The number of rotatable bonds is 4. The summed E-state index contributed by atoms with van der Waals surface area (Å²) in [7, 11) is 0. The molecule has 0 bridgehead atoms. The van der Waals surface area contributed by atoms with Crippen LogP contribution in [0.3, 0.4) is 0 Å². The van der Waals surface area contributed by atoms with Gasteiger partial charge in [-0.25, -0.2) is 4.39 Å². The average Bonchev–Trinajstić information content (AvgIpc) is 2.28. The second-order valence-electron chi connectivity index (χ2n) is 3.40. The second kappa shape index (κ2) is 5.26. The molecule has 0 radical (unpaired) electrons. The lowest BCUT2D eigenvalue weighted by atomic mass is 10.1. The number of benzene rings is 1. The molecular weight excluding hydrogens is 227 g/mol. The molecule has 6 N–H and O–H groups in total. The highest BCUT2D eigenvalue weighted by atomic mass is 19.1. The van der Waals surface area contributed by atoms with Gasteiger partial charge in [0.1, 0.15) is 11.9 Å². The van der Waals surface area contributed by atoms with Crippen LogP contribution in [0.25, 0.3) is 0 Å². The van der Waals surface area contributed by atoms with E-state index in [2.05, 4.69) is 10.7 Å². The Kier molecular flexibility index (Phi) is 4.00. The molecular formula is C10H13FN4O2. The maximum Gasteiger partial charge on any atom is 0.254 e. The molecule has 0 heterocycles. The maximum absolute atomic E-state index is 13.3. The molecule has 1 unspecified atom stereocenters. The van der Waals surface area contributed by atoms with Crippen LogP contribution in [0.2, 0.25) is 0 Å². The van der Waals surface area contributed by atoms with E-state index in [-0.39, 0.29) is 11.3 Å². The fourth-order valence-electron chi connectivity index (χ4n) is 1.21. The van der Waals surface area contributed by atoms with Crippen LogP contribution in [-0.4, -0.2) is 17.9 Å². The minimum absolute atomic E-state index is 0.000556. The fourth-order valence-corrected chi connectivity index (χ4v) is 1.21. The number of nitrogens with two attached hydrogens (primary N) is 2. The van der Waals surface area contributed by atoms with Crippen LogP contribution < -0.4 is 22.3 Å². The lowest BCUT2D eigenvalue weighted by molar-refractivity contribution is -0.119. The lowest BCUT2D eigenvalue weighted by Gasteiger charge is -2.13. The highest BCUT2D eigenvalue weighted by Gasteiger charge is 2.18. The summed E-state index contributed by atoms with van der Waals surface area (Å²) >= 11 is 0.